The van der Waals surface area contributed by atoms with Crippen LogP contribution in [0.3, 0.4) is 0 Å². The normalized spacial score (nSPS) is 23.7. The zero-order valence-corrected chi connectivity index (χ0v) is 35.1. The van der Waals surface area contributed by atoms with Gasteiger partial charge in [0.15, 0.2) is 0 Å². The van der Waals surface area contributed by atoms with Crippen LogP contribution in [0.25, 0.3) is 22.3 Å². The Hall–Kier alpha value is -5.61. The third-order valence-electron chi connectivity index (χ3n) is 13.9. The fourth-order valence-corrected chi connectivity index (χ4v) is 9.82. The molecule has 4 saturated heterocycles. The number of fused-ring (bicyclic) bond motifs is 2. The van der Waals surface area contributed by atoms with Crippen molar-refractivity contribution >= 4 is 46.0 Å². The minimum absolute atomic E-state index is 0.0643. The summed E-state index contributed by atoms with van der Waals surface area (Å²) in [5.74, 6) is 1.45. The molecule has 2 aromatic heterocycles. The minimum Gasteiger partial charge on any atom is -0.488 e. The Labute approximate surface area is 355 Å². The van der Waals surface area contributed by atoms with Gasteiger partial charge >= 0.3 is 0 Å². The Morgan fingerprint density at radius 2 is 1.66 bits per heavy atom. The summed E-state index contributed by atoms with van der Waals surface area (Å²) < 4.78 is 6.23. The van der Waals surface area contributed by atoms with E-state index in [0.29, 0.717) is 36.6 Å². The lowest BCUT2D eigenvalue weighted by atomic mass is 9.95. The first-order valence-electron chi connectivity index (χ1n) is 22.1. The van der Waals surface area contributed by atoms with Gasteiger partial charge in [-0.2, -0.15) is 5.10 Å². The molecule has 2 N–H and O–H groups in total. The number of aromatic nitrogens is 4. The number of amides is 4. The number of hydrogen-bond acceptors (Lipinski definition) is 12. The molecule has 5 fully saturated rings. The van der Waals surface area contributed by atoms with E-state index in [1.54, 1.807) is 12.4 Å². The second kappa shape index (κ2) is 16.0. The van der Waals surface area contributed by atoms with E-state index >= 15 is 0 Å². The molecule has 10 rings (SSSR count). The van der Waals surface area contributed by atoms with Gasteiger partial charge in [0.1, 0.15) is 35.2 Å². The van der Waals surface area contributed by atoms with Crippen molar-refractivity contribution in [2.45, 2.75) is 70.1 Å². The van der Waals surface area contributed by atoms with Crippen LogP contribution in [0.1, 0.15) is 73.1 Å². The number of nitrogens with one attached hydrogen (secondary N) is 2. The summed E-state index contributed by atoms with van der Waals surface area (Å²) in [4.78, 5) is 74.4. The molecule has 61 heavy (non-hydrogen) atoms. The summed E-state index contributed by atoms with van der Waals surface area (Å²) in [6.07, 6.45) is 6.99. The molecule has 16 nitrogen and oxygen atoms in total. The summed E-state index contributed by atoms with van der Waals surface area (Å²) in [5.41, 5.74) is 4.11. The van der Waals surface area contributed by atoms with E-state index in [1.165, 1.54) is 0 Å². The number of imide groups is 1. The first-order chi connectivity index (χ1) is 29.6. The van der Waals surface area contributed by atoms with Crippen LogP contribution < -0.4 is 19.9 Å². The zero-order chi connectivity index (χ0) is 41.8. The Morgan fingerprint density at radius 3 is 2.43 bits per heavy atom. The van der Waals surface area contributed by atoms with E-state index in [2.05, 4.69) is 63.8 Å². The predicted molar refractivity (Wildman–Crippen MR) is 230 cm³/mol. The summed E-state index contributed by atoms with van der Waals surface area (Å²) in [6.45, 7) is 13.7. The van der Waals surface area contributed by atoms with Gasteiger partial charge in [-0.1, -0.05) is 0 Å². The molecule has 6 aliphatic rings. The summed E-state index contributed by atoms with van der Waals surface area (Å²) in [5, 5.41) is 11.5. The Bertz CT molecular complexity index is 2350. The fourth-order valence-electron chi connectivity index (χ4n) is 9.82. The molecular weight excluding hydrogens is 775 g/mol. The lowest BCUT2D eigenvalue weighted by Gasteiger charge is -2.42. The van der Waals surface area contributed by atoms with Crippen LogP contribution in [-0.4, -0.2) is 160 Å². The van der Waals surface area contributed by atoms with E-state index in [4.69, 9.17) is 4.74 Å². The SMILES string of the molecule is C[C@H]1CN(c2cc(-c3n[nH]c4ccc(OC5(C)CC5)cc34)ncn2)CCN1CC(=O)N1CCC(CN2CCN(c3ccc4c(c3)C(=O)N(C3CCCNC3=O)C4=O)CC2)CC1. The van der Waals surface area contributed by atoms with Gasteiger partial charge < -0.3 is 24.8 Å². The number of carbonyl (C=O) groups is 4. The number of anilines is 2. The van der Waals surface area contributed by atoms with E-state index in [9.17, 15) is 19.2 Å². The van der Waals surface area contributed by atoms with Crippen molar-refractivity contribution in [1.82, 2.24) is 45.1 Å². The predicted octanol–water partition coefficient (Wildman–Crippen LogP) is 3.40. The number of rotatable bonds is 10. The van der Waals surface area contributed by atoms with Gasteiger partial charge in [0.05, 0.1) is 28.9 Å². The van der Waals surface area contributed by atoms with Crippen molar-refractivity contribution in [2.24, 2.45) is 5.92 Å². The number of piperazine rings is 2. The molecule has 2 atom stereocenters. The second-order valence-corrected chi connectivity index (χ2v) is 18.1. The van der Waals surface area contributed by atoms with E-state index in [-0.39, 0.29) is 35.3 Å². The van der Waals surface area contributed by atoms with Crippen molar-refractivity contribution < 1.29 is 23.9 Å². The Morgan fingerprint density at radius 1 is 0.869 bits per heavy atom. The quantitative estimate of drug-likeness (QED) is 0.225. The number of hydrogen-bond donors (Lipinski definition) is 2. The molecule has 4 aromatic rings. The molecule has 0 spiro atoms. The van der Waals surface area contributed by atoms with Gasteiger partial charge in [-0.25, -0.2) is 9.97 Å². The maximum absolute atomic E-state index is 13.6. The number of H-pyrrole nitrogens is 1. The second-order valence-electron chi connectivity index (χ2n) is 18.1. The number of carbonyl (C=O) groups excluding carboxylic acids is 4. The molecule has 320 valence electrons. The molecule has 1 unspecified atom stereocenters. The summed E-state index contributed by atoms with van der Waals surface area (Å²) in [6, 6.07) is 13.0. The first-order valence-corrected chi connectivity index (χ1v) is 22.1. The third-order valence-corrected chi connectivity index (χ3v) is 13.9. The molecule has 1 saturated carbocycles. The highest BCUT2D eigenvalue weighted by Crippen LogP contribution is 2.41. The number of ether oxygens (including phenoxy) is 1. The van der Waals surface area contributed by atoms with Crippen molar-refractivity contribution in [2.75, 3.05) is 88.3 Å². The Kier molecular flexibility index (Phi) is 10.4. The Balaban J connectivity index is 0.674. The average Bonchev–Trinajstić information content (AvgIpc) is 3.76. The van der Waals surface area contributed by atoms with Gasteiger partial charge in [-0.05, 0) is 94.7 Å². The fraction of sp³-hybridized carbons (Fsp3) is 0.533. The van der Waals surface area contributed by atoms with Crippen molar-refractivity contribution in [1.29, 1.82) is 0 Å². The van der Waals surface area contributed by atoms with Gasteiger partial charge in [-0.15, -0.1) is 0 Å². The highest BCUT2D eigenvalue weighted by molar-refractivity contribution is 6.23. The maximum Gasteiger partial charge on any atom is 0.262 e. The average molecular weight is 830 g/mol. The molecule has 16 heteroatoms. The topological polar surface area (TPSA) is 163 Å². The third kappa shape index (κ3) is 7.91. The molecule has 0 bridgehead atoms. The van der Waals surface area contributed by atoms with Crippen molar-refractivity contribution in [3.63, 3.8) is 0 Å². The molecule has 1 aliphatic carbocycles. The van der Waals surface area contributed by atoms with Gasteiger partial charge in [0, 0.05) is 95.2 Å². The van der Waals surface area contributed by atoms with Crippen molar-refractivity contribution in [3.8, 4) is 17.1 Å². The monoisotopic (exact) mass is 829 g/mol. The molecule has 0 radical (unpaired) electrons. The number of piperidine rings is 2. The smallest absolute Gasteiger partial charge is 0.262 e. The maximum atomic E-state index is 13.6. The van der Waals surface area contributed by atoms with Gasteiger partial charge in [0.2, 0.25) is 11.8 Å². The number of aromatic amines is 1. The summed E-state index contributed by atoms with van der Waals surface area (Å²) >= 11 is 0. The molecule has 2 aromatic carbocycles. The highest BCUT2D eigenvalue weighted by Gasteiger charge is 2.44. The zero-order valence-electron chi connectivity index (χ0n) is 35.1. The van der Waals surface area contributed by atoms with Crippen LogP contribution in [0, 0.1) is 5.92 Å². The van der Waals surface area contributed by atoms with Crippen molar-refractivity contribution in [3.05, 3.63) is 59.9 Å². The highest BCUT2D eigenvalue weighted by atomic mass is 16.5. The van der Waals surface area contributed by atoms with Crippen LogP contribution in [0.2, 0.25) is 0 Å². The minimum atomic E-state index is -0.739. The summed E-state index contributed by atoms with van der Waals surface area (Å²) in [7, 11) is 0. The van der Waals surface area contributed by atoms with Gasteiger partial charge in [0.25, 0.3) is 11.8 Å². The van der Waals surface area contributed by atoms with E-state index in [0.717, 1.165) is 142 Å². The van der Waals surface area contributed by atoms with Crippen LogP contribution in [0.5, 0.6) is 5.75 Å². The molecule has 7 heterocycles. The van der Waals surface area contributed by atoms with Crippen LogP contribution >= 0.6 is 0 Å². The first kappa shape index (κ1) is 39.5. The standard InChI is InChI=1S/C45H55N11O5/c1-29-25-55(39-24-37(47-28-48-39)41-35-23-32(61-45(2)11-12-45)6-8-36(35)49-50-41)21-20-54(29)27-40(57)53-14-9-30(10-15-53)26-51-16-18-52(19-17-51)31-5-7-33-34(22-31)44(60)56(43(33)59)38-4-3-13-46-42(38)58/h5-8,22-24,28-30,38H,3-4,9-21,25-27H2,1-2H3,(H,46,58)(H,49,50)/t29-,38?/m0/s1. The number of likely N-dealkylation sites (tertiary alicyclic amines) is 1. The van der Waals surface area contributed by atoms with Crippen LogP contribution in [0.15, 0.2) is 48.8 Å². The largest absolute Gasteiger partial charge is 0.488 e. The number of nitrogens with zero attached hydrogens (tertiary/aromatic N) is 9. The molecule has 4 amide bonds. The van der Waals surface area contributed by atoms with Crippen LogP contribution in [-0.2, 0) is 9.59 Å². The molecule has 5 aliphatic heterocycles. The van der Waals surface area contributed by atoms with Gasteiger partial charge in [-0.3, -0.25) is 39.0 Å². The lowest BCUT2D eigenvalue weighted by molar-refractivity contribution is -0.134. The van der Waals surface area contributed by atoms with Crippen LogP contribution in [0.4, 0.5) is 11.5 Å². The van der Waals surface area contributed by atoms with E-state index in [1.807, 2.05) is 36.4 Å². The lowest BCUT2D eigenvalue weighted by Crippen LogP contribution is -2.55. The number of benzene rings is 2. The van der Waals surface area contributed by atoms with E-state index < -0.39 is 6.04 Å². The molecular formula is C45H55N11O5.